The first-order valence-corrected chi connectivity index (χ1v) is 7.24. The van der Waals surface area contributed by atoms with Crippen LogP contribution in [0.2, 0.25) is 0 Å². The van der Waals surface area contributed by atoms with Crippen LogP contribution < -0.4 is 4.74 Å². The molecule has 2 atom stereocenters. The van der Waals surface area contributed by atoms with Crippen molar-refractivity contribution in [1.82, 2.24) is 0 Å². The summed E-state index contributed by atoms with van der Waals surface area (Å²) in [5, 5.41) is 10.1. The number of carbonyl (C=O) groups is 1. The Morgan fingerprint density at radius 3 is 2.40 bits per heavy atom. The third-order valence-corrected chi connectivity index (χ3v) is 3.75. The summed E-state index contributed by atoms with van der Waals surface area (Å²) in [6.07, 6.45) is 4.81. The van der Waals surface area contributed by atoms with Gasteiger partial charge in [-0.05, 0) is 43.5 Å². The molecule has 0 aromatic heterocycles. The highest BCUT2D eigenvalue weighted by molar-refractivity contribution is 5.89. The standard InChI is InChI=1S/C16H22O4/c1-19-13-10-8-12(9-11-13)16(18)20-15-7-5-3-2-4-6-14(15)17/h8-11,14-15,17H,2-7H2,1H3/t14-,15+/m0/s1. The van der Waals surface area contributed by atoms with Crippen molar-refractivity contribution in [3.8, 4) is 5.75 Å². The van der Waals surface area contributed by atoms with Crippen molar-refractivity contribution in [2.75, 3.05) is 7.11 Å². The average Bonchev–Trinajstić information content (AvgIpc) is 2.47. The molecule has 110 valence electrons. The number of carbonyl (C=O) groups excluding carboxylic acids is 1. The van der Waals surface area contributed by atoms with Crippen molar-refractivity contribution in [3.05, 3.63) is 29.8 Å². The molecule has 0 radical (unpaired) electrons. The highest BCUT2D eigenvalue weighted by Gasteiger charge is 2.24. The maximum absolute atomic E-state index is 12.1. The number of ether oxygens (including phenoxy) is 2. The minimum Gasteiger partial charge on any atom is -0.497 e. The quantitative estimate of drug-likeness (QED) is 0.864. The fraction of sp³-hybridized carbons (Fsp3) is 0.562. The summed E-state index contributed by atoms with van der Waals surface area (Å²) in [4.78, 5) is 12.1. The number of methoxy groups -OCH3 is 1. The molecule has 1 aliphatic rings. The summed E-state index contributed by atoms with van der Waals surface area (Å²) in [7, 11) is 1.58. The lowest BCUT2D eigenvalue weighted by Gasteiger charge is -2.25. The van der Waals surface area contributed by atoms with Gasteiger partial charge in [-0.1, -0.05) is 19.3 Å². The van der Waals surface area contributed by atoms with Gasteiger partial charge in [0.25, 0.3) is 0 Å². The fourth-order valence-corrected chi connectivity index (χ4v) is 2.50. The van der Waals surface area contributed by atoms with Crippen molar-refractivity contribution in [2.24, 2.45) is 0 Å². The van der Waals surface area contributed by atoms with Gasteiger partial charge < -0.3 is 14.6 Å². The van der Waals surface area contributed by atoms with Crippen molar-refractivity contribution in [2.45, 2.75) is 50.7 Å². The van der Waals surface area contributed by atoms with Crippen LogP contribution in [-0.2, 0) is 4.74 Å². The van der Waals surface area contributed by atoms with Crippen LogP contribution in [0.15, 0.2) is 24.3 Å². The van der Waals surface area contributed by atoms with E-state index < -0.39 is 6.10 Å². The monoisotopic (exact) mass is 278 g/mol. The van der Waals surface area contributed by atoms with Gasteiger partial charge in [0, 0.05) is 0 Å². The second-order valence-electron chi connectivity index (χ2n) is 5.23. The molecule has 0 heterocycles. The van der Waals surface area contributed by atoms with Gasteiger partial charge in [-0.3, -0.25) is 0 Å². The first kappa shape index (κ1) is 14.9. The lowest BCUT2D eigenvalue weighted by atomic mass is 9.96. The highest BCUT2D eigenvalue weighted by Crippen LogP contribution is 2.21. The summed E-state index contributed by atoms with van der Waals surface area (Å²) in [5.74, 6) is 0.324. The van der Waals surface area contributed by atoms with Gasteiger partial charge in [-0.2, -0.15) is 0 Å². The summed E-state index contributed by atoms with van der Waals surface area (Å²) in [6, 6.07) is 6.81. The third kappa shape index (κ3) is 3.97. The molecule has 0 bridgehead atoms. The smallest absolute Gasteiger partial charge is 0.338 e. The number of hydrogen-bond donors (Lipinski definition) is 1. The maximum atomic E-state index is 12.1. The molecule has 0 spiro atoms. The molecule has 1 saturated carbocycles. The summed E-state index contributed by atoms with van der Waals surface area (Å²) < 4.78 is 10.5. The Morgan fingerprint density at radius 2 is 1.75 bits per heavy atom. The molecule has 0 aliphatic heterocycles. The zero-order valence-corrected chi connectivity index (χ0v) is 11.9. The number of aliphatic hydroxyl groups excluding tert-OH is 1. The van der Waals surface area contributed by atoms with Gasteiger partial charge in [-0.15, -0.1) is 0 Å². The van der Waals surface area contributed by atoms with Crippen molar-refractivity contribution in [3.63, 3.8) is 0 Å². The lowest BCUT2D eigenvalue weighted by Crippen LogP contribution is -2.32. The predicted octanol–water partition coefficient (Wildman–Crippen LogP) is 2.94. The van der Waals surface area contributed by atoms with E-state index in [1.807, 2.05) is 0 Å². The van der Waals surface area contributed by atoms with E-state index in [-0.39, 0.29) is 12.1 Å². The average molecular weight is 278 g/mol. The van der Waals surface area contributed by atoms with Crippen LogP contribution in [0.25, 0.3) is 0 Å². The van der Waals surface area contributed by atoms with E-state index in [2.05, 4.69) is 0 Å². The number of benzene rings is 1. The van der Waals surface area contributed by atoms with Crippen LogP contribution in [0.5, 0.6) is 5.75 Å². The Hall–Kier alpha value is -1.55. The highest BCUT2D eigenvalue weighted by atomic mass is 16.6. The molecule has 1 aromatic carbocycles. The van der Waals surface area contributed by atoms with Crippen molar-refractivity contribution in [1.29, 1.82) is 0 Å². The van der Waals surface area contributed by atoms with Crippen LogP contribution in [0.3, 0.4) is 0 Å². The van der Waals surface area contributed by atoms with Crippen molar-refractivity contribution >= 4 is 5.97 Å². The van der Waals surface area contributed by atoms with E-state index in [4.69, 9.17) is 9.47 Å². The molecule has 20 heavy (non-hydrogen) atoms. The fourth-order valence-electron chi connectivity index (χ4n) is 2.50. The van der Waals surface area contributed by atoms with E-state index in [0.29, 0.717) is 17.7 Å². The van der Waals surface area contributed by atoms with Gasteiger partial charge in [0.1, 0.15) is 11.9 Å². The minimum atomic E-state index is -0.544. The van der Waals surface area contributed by atoms with Crippen LogP contribution in [0, 0.1) is 0 Å². The normalized spacial score (nSPS) is 23.5. The largest absolute Gasteiger partial charge is 0.497 e. The maximum Gasteiger partial charge on any atom is 0.338 e. The van der Waals surface area contributed by atoms with Crippen LogP contribution in [0.4, 0.5) is 0 Å². The molecule has 1 aromatic rings. The number of rotatable bonds is 3. The molecule has 4 nitrogen and oxygen atoms in total. The molecule has 1 fully saturated rings. The lowest BCUT2D eigenvalue weighted by molar-refractivity contribution is -0.0282. The second-order valence-corrected chi connectivity index (χ2v) is 5.23. The molecule has 4 heteroatoms. The topological polar surface area (TPSA) is 55.8 Å². The Bertz CT molecular complexity index is 427. The van der Waals surface area contributed by atoms with Gasteiger partial charge >= 0.3 is 5.97 Å². The van der Waals surface area contributed by atoms with E-state index in [1.165, 1.54) is 0 Å². The van der Waals surface area contributed by atoms with Gasteiger partial charge in [-0.25, -0.2) is 4.79 Å². The van der Waals surface area contributed by atoms with Gasteiger partial charge in [0.2, 0.25) is 0 Å². The van der Waals surface area contributed by atoms with E-state index in [1.54, 1.807) is 31.4 Å². The Kier molecular flexibility index (Phi) is 5.41. The number of hydrogen-bond acceptors (Lipinski definition) is 4. The first-order chi connectivity index (χ1) is 9.70. The summed E-state index contributed by atoms with van der Waals surface area (Å²) >= 11 is 0. The Balaban J connectivity index is 1.97. The van der Waals surface area contributed by atoms with E-state index >= 15 is 0 Å². The third-order valence-electron chi connectivity index (χ3n) is 3.75. The zero-order valence-electron chi connectivity index (χ0n) is 11.9. The predicted molar refractivity (Wildman–Crippen MR) is 75.9 cm³/mol. The Morgan fingerprint density at radius 1 is 1.10 bits per heavy atom. The molecule has 0 saturated heterocycles. The molecule has 1 aliphatic carbocycles. The SMILES string of the molecule is COc1ccc(C(=O)O[C@@H]2CCCCCC[C@@H]2O)cc1. The summed E-state index contributed by atoms with van der Waals surface area (Å²) in [6.45, 7) is 0. The van der Waals surface area contributed by atoms with Gasteiger partial charge in [0.05, 0.1) is 18.8 Å². The van der Waals surface area contributed by atoms with Crippen molar-refractivity contribution < 1.29 is 19.4 Å². The molecule has 1 N–H and O–H groups in total. The zero-order chi connectivity index (χ0) is 14.4. The number of aliphatic hydroxyl groups is 1. The molecule has 2 rings (SSSR count). The molecular formula is C16H22O4. The second kappa shape index (κ2) is 7.29. The molecule has 0 amide bonds. The number of esters is 1. The van der Waals surface area contributed by atoms with Crippen LogP contribution in [-0.4, -0.2) is 30.4 Å². The van der Waals surface area contributed by atoms with Crippen LogP contribution in [0.1, 0.15) is 48.9 Å². The van der Waals surface area contributed by atoms with E-state index in [9.17, 15) is 9.90 Å². The minimum absolute atomic E-state index is 0.378. The van der Waals surface area contributed by atoms with E-state index in [0.717, 1.165) is 32.1 Å². The Labute approximate surface area is 119 Å². The molecule has 0 unspecified atom stereocenters. The van der Waals surface area contributed by atoms with Gasteiger partial charge in [0.15, 0.2) is 0 Å². The van der Waals surface area contributed by atoms with Crippen LogP contribution >= 0.6 is 0 Å². The summed E-state index contributed by atoms with van der Waals surface area (Å²) in [5.41, 5.74) is 0.486. The molecular weight excluding hydrogens is 256 g/mol. The first-order valence-electron chi connectivity index (χ1n) is 7.24.